The number of hydrogen-bond acceptors (Lipinski definition) is 2. The minimum absolute atomic E-state index is 0.0926. The van der Waals surface area contributed by atoms with Crippen LogP contribution in [0.5, 0.6) is 5.75 Å². The molecule has 2 aromatic rings. The molecule has 98 valence electrons. The van der Waals surface area contributed by atoms with Crippen LogP contribution in [-0.2, 0) is 0 Å². The zero-order chi connectivity index (χ0) is 14.0. The molecule has 0 atom stereocenters. The molecule has 2 aromatic carbocycles. The first-order chi connectivity index (χ1) is 9.04. The van der Waals surface area contributed by atoms with E-state index in [0.29, 0.717) is 0 Å². The first kappa shape index (κ1) is 13.1. The summed E-state index contributed by atoms with van der Waals surface area (Å²) in [7, 11) is 1.30. The Morgan fingerprint density at radius 2 is 1.79 bits per heavy atom. The summed E-state index contributed by atoms with van der Waals surface area (Å²) in [6, 6.07) is 6.51. The SMILES string of the molecule is COc1ccc(F)cc1C(=O)c1cccc(F)c1F. The minimum Gasteiger partial charge on any atom is -0.496 e. The highest BCUT2D eigenvalue weighted by Gasteiger charge is 2.20. The predicted molar refractivity (Wildman–Crippen MR) is 62.7 cm³/mol. The van der Waals surface area contributed by atoms with Crippen LogP contribution in [-0.4, -0.2) is 12.9 Å². The van der Waals surface area contributed by atoms with Crippen LogP contribution in [0.3, 0.4) is 0 Å². The van der Waals surface area contributed by atoms with Crippen molar-refractivity contribution in [1.82, 2.24) is 0 Å². The molecule has 0 amide bonds. The molecule has 0 N–H and O–H groups in total. The molecule has 0 saturated heterocycles. The smallest absolute Gasteiger partial charge is 0.199 e. The molecule has 0 aliphatic carbocycles. The minimum atomic E-state index is -1.26. The van der Waals surface area contributed by atoms with Crippen molar-refractivity contribution in [2.24, 2.45) is 0 Å². The van der Waals surface area contributed by atoms with Crippen LogP contribution < -0.4 is 4.74 Å². The Hall–Kier alpha value is -2.30. The summed E-state index contributed by atoms with van der Waals surface area (Å²) in [6.07, 6.45) is 0. The van der Waals surface area contributed by atoms with Gasteiger partial charge in [-0.15, -0.1) is 0 Å². The maximum atomic E-state index is 13.5. The zero-order valence-corrected chi connectivity index (χ0v) is 9.91. The van der Waals surface area contributed by atoms with Crippen molar-refractivity contribution >= 4 is 5.78 Å². The zero-order valence-electron chi connectivity index (χ0n) is 9.91. The molecular formula is C14H9F3O2. The van der Waals surface area contributed by atoms with E-state index in [9.17, 15) is 18.0 Å². The van der Waals surface area contributed by atoms with Crippen molar-refractivity contribution in [3.05, 3.63) is 65.0 Å². The summed E-state index contributed by atoms with van der Waals surface area (Å²) in [5, 5.41) is 0. The number of hydrogen-bond donors (Lipinski definition) is 0. The molecule has 0 aromatic heterocycles. The average Bonchev–Trinajstić information content (AvgIpc) is 2.41. The van der Waals surface area contributed by atoms with E-state index in [0.717, 1.165) is 24.3 Å². The highest BCUT2D eigenvalue weighted by atomic mass is 19.2. The number of methoxy groups -OCH3 is 1. The molecule has 19 heavy (non-hydrogen) atoms. The Kier molecular flexibility index (Phi) is 3.55. The third-order valence-electron chi connectivity index (χ3n) is 2.60. The quantitative estimate of drug-likeness (QED) is 0.796. The maximum Gasteiger partial charge on any atom is 0.199 e. The van der Waals surface area contributed by atoms with Gasteiger partial charge in [0.15, 0.2) is 17.4 Å². The second-order valence-corrected chi connectivity index (χ2v) is 3.78. The normalized spacial score (nSPS) is 10.3. The van der Waals surface area contributed by atoms with E-state index in [2.05, 4.69) is 0 Å². The molecule has 0 spiro atoms. The fraction of sp³-hybridized carbons (Fsp3) is 0.0714. The van der Waals surface area contributed by atoms with Crippen molar-refractivity contribution < 1.29 is 22.7 Å². The molecule has 0 unspecified atom stereocenters. The largest absolute Gasteiger partial charge is 0.496 e. The molecule has 5 heteroatoms. The number of halogens is 3. The summed E-state index contributed by atoms with van der Waals surface area (Å²) in [4.78, 5) is 12.1. The van der Waals surface area contributed by atoms with Gasteiger partial charge in [0.25, 0.3) is 0 Å². The number of carbonyl (C=O) groups excluding carboxylic acids is 1. The predicted octanol–water partition coefficient (Wildman–Crippen LogP) is 3.34. The van der Waals surface area contributed by atoms with Crippen LogP contribution in [0.4, 0.5) is 13.2 Å². The van der Waals surface area contributed by atoms with E-state index >= 15 is 0 Å². The van der Waals surface area contributed by atoms with E-state index in [4.69, 9.17) is 4.74 Å². The van der Waals surface area contributed by atoms with Gasteiger partial charge in [-0.2, -0.15) is 0 Å². The Labute approximate surface area is 107 Å². The third kappa shape index (κ3) is 2.45. The van der Waals surface area contributed by atoms with Crippen molar-refractivity contribution in [2.75, 3.05) is 7.11 Å². The molecule has 2 nitrogen and oxygen atoms in total. The molecule has 0 aliphatic heterocycles. The van der Waals surface area contributed by atoms with Crippen LogP contribution in [0.25, 0.3) is 0 Å². The van der Waals surface area contributed by atoms with Gasteiger partial charge < -0.3 is 4.74 Å². The van der Waals surface area contributed by atoms with Gasteiger partial charge in [-0.05, 0) is 30.3 Å². The number of benzene rings is 2. The van der Waals surface area contributed by atoms with Gasteiger partial charge in [-0.3, -0.25) is 4.79 Å². The fourth-order valence-electron chi connectivity index (χ4n) is 1.68. The Morgan fingerprint density at radius 1 is 1.05 bits per heavy atom. The molecule has 0 saturated carbocycles. The van der Waals surface area contributed by atoms with E-state index in [-0.39, 0.29) is 11.3 Å². The lowest BCUT2D eigenvalue weighted by molar-refractivity contribution is 0.103. The Morgan fingerprint density at radius 3 is 2.47 bits per heavy atom. The monoisotopic (exact) mass is 266 g/mol. The number of rotatable bonds is 3. The van der Waals surface area contributed by atoms with Gasteiger partial charge >= 0.3 is 0 Å². The van der Waals surface area contributed by atoms with Gasteiger partial charge in [0.2, 0.25) is 0 Å². The van der Waals surface area contributed by atoms with Gasteiger partial charge in [0.1, 0.15) is 11.6 Å². The Bertz CT molecular complexity index is 639. The second kappa shape index (κ2) is 5.14. The van der Waals surface area contributed by atoms with Crippen LogP contribution in [0, 0.1) is 17.5 Å². The van der Waals surface area contributed by atoms with Crippen molar-refractivity contribution in [3.63, 3.8) is 0 Å². The Balaban J connectivity index is 2.56. The third-order valence-corrected chi connectivity index (χ3v) is 2.60. The van der Waals surface area contributed by atoms with E-state index < -0.39 is 28.8 Å². The topological polar surface area (TPSA) is 26.3 Å². The van der Waals surface area contributed by atoms with E-state index in [1.54, 1.807) is 0 Å². The molecule has 0 radical (unpaired) electrons. The standard InChI is InChI=1S/C14H9F3O2/c1-19-12-6-5-8(15)7-10(12)14(18)9-3-2-4-11(16)13(9)17/h2-7H,1H3. The summed E-state index contributed by atoms with van der Waals surface area (Å²) < 4.78 is 44.7. The van der Waals surface area contributed by atoms with Crippen molar-refractivity contribution in [1.29, 1.82) is 0 Å². The number of ketones is 1. The average molecular weight is 266 g/mol. The molecule has 0 bridgehead atoms. The lowest BCUT2D eigenvalue weighted by Crippen LogP contribution is -2.08. The lowest BCUT2D eigenvalue weighted by atomic mass is 10.0. The van der Waals surface area contributed by atoms with Crippen LogP contribution in [0.15, 0.2) is 36.4 Å². The summed E-state index contributed by atoms with van der Waals surface area (Å²) in [5.41, 5.74) is -0.629. The summed E-state index contributed by atoms with van der Waals surface area (Å²) in [5.74, 6) is -3.82. The number of ether oxygens (including phenoxy) is 1. The van der Waals surface area contributed by atoms with Crippen LogP contribution in [0.1, 0.15) is 15.9 Å². The van der Waals surface area contributed by atoms with Gasteiger partial charge in [-0.25, -0.2) is 13.2 Å². The summed E-state index contributed by atoms with van der Waals surface area (Å²) in [6.45, 7) is 0. The highest BCUT2D eigenvalue weighted by molar-refractivity contribution is 6.10. The van der Waals surface area contributed by atoms with Crippen molar-refractivity contribution in [2.45, 2.75) is 0 Å². The van der Waals surface area contributed by atoms with Crippen molar-refractivity contribution in [3.8, 4) is 5.75 Å². The molecular weight excluding hydrogens is 257 g/mol. The van der Waals surface area contributed by atoms with E-state index in [1.165, 1.54) is 19.2 Å². The fourth-order valence-corrected chi connectivity index (χ4v) is 1.68. The number of carbonyl (C=O) groups is 1. The molecule has 2 rings (SSSR count). The van der Waals surface area contributed by atoms with E-state index in [1.807, 2.05) is 0 Å². The maximum absolute atomic E-state index is 13.5. The van der Waals surface area contributed by atoms with Gasteiger partial charge in [-0.1, -0.05) is 6.07 Å². The van der Waals surface area contributed by atoms with Crippen LogP contribution >= 0.6 is 0 Å². The first-order valence-corrected chi connectivity index (χ1v) is 5.37. The first-order valence-electron chi connectivity index (χ1n) is 5.37. The van der Waals surface area contributed by atoms with Crippen LogP contribution in [0.2, 0.25) is 0 Å². The van der Waals surface area contributed by atoms with Gasteiger partial charge in [0, 0.05) is 0 Å². The highest BCUT2D eigenvalue weighted by Crippen LogP contribution is 2.24. The lowest BCUT2D eigenvalue weighted by Gasteiger charge is -2.08. The molecule has 0 aliphatic rings. The summed E-state index contributed by atoms with van der Waals surface area (Å²) >= 11 is 0. The van der Waals surface area contributed by atoms with Gasteiger partial charge in [0.05, 0.1) is 18.2 Å². The molecule has 0 heterocycles. The molecule has 0 fully saturated rings. The second-order valence-electron chi connectivity index (χ2n) is 3.78.